The van der Waals surface area contributed by atoms with Gasteiger partial charge in [0.1, 0.15) is 0 Å². The van der Waals surface area contributed by atoms with Crippen molar-refractivity contribution in [1.82, 2.24) is 10.3 Å². The first-order valence-corrected chi connectivity index (χ1v) is 10.1. The molecule has 3 rings (SSSR count). The Labute approximate surface area is 171 Å². The number of amides is 1. The number of methoxy groups -OCH3 is 1. The molecule has 0 aliphatic heterocycles. The predicted octanol–water partition coefficient (Wildman–Crippen LogP) is 5.06. The van der Waals surface area contributed by atoms with E-state index in [-0.39, 0.29) is 11.8 Å². The van der Waals surface area contributed by atoms with Crippen molar-refractivity contribution in [1.29, 1.82) is 0 Å². The lowest BCUT2D eigenvalue weighted by molar-refractivity contribution is -0.121. The molecule has 5 heteroatoms. The Hall–Kier alpha value is -2.30. The highest BCUT2D eigenvalue weighted by atomic mass is 35.5. The predicted molar refractivity (Wildman–Crippen MR) is 115 cm³/mol. The Kier molecular flexibility index (Phi) is 7.12. The normalized spacial score (nSPS) is 12.2. The Morgan fingerprint density at radius 3 is 2.71 bits per heavy atom. The summed E-state index contributed by atoms with van der Waals surface area (Å²) in [5.74, 6) is -0.00222. The number of halogens is 1. The molecule has 1 amide bonds. The van der Waals surface area contributed by atoms with Crippen molar-refractivity contribution in [3.63, 3.8) is 0 Å². The van der Waals surface area contributed by atoms with Crippen LogP contribution in [-0.4, -0.2) is 31.2 Å². The van der Waals surface area contributed by atoms with E-state index in [1.807, 2.05) is 30.5 Å². The van der Waals surface area contributed by atoms with Gasteiger partial charge in [0, 0.05) is 54.7 Å². The topological polar surface area (TPSA) is 54.1 Å². The largest absolute Gasteiger partial charge is 0.385 e. The maximum atomic E-state index is 12.6. The zero-order valence-electron chi connectivity index (χ0n) is 16.4. The third kappa shape index (κ3) is 4.75. The molecule has 0 aliphatic carbocycles. The number of aromatic nitrogens is 1. The van der Waals surface area contributed by atoms with Crippen molar-refractivity contribution in [3.05, 3.63) is 70.4 Å². The van der Waals surface area contributed by atoms with Crippen molar-refractivity contribution < 1.29 is 9.53 Å². The van der Waals surface area contributed by atoms with Crippen LogP contribution in [0, 0.1) is 0 Å². The number of H-pyrrole nitrogens is 1. The molecule has 0 bridgehead atoms. The van der Waals surface area contributed by atoms with Crippen LogP contribution in [0.15, 0.2) is 48.7 Å². The number of benzene rings is 2. The van der Waals surface area contributed by atoms with Crippen LogP contribution in [0.3, 0.4) is 0 Å². The number of hydrogen-bond donors (Lipinski definition) is 2. The quantitative estimate of drug-likeness (QED) is 0.495. The number of carbonyl (C=O) groups excluding carboxylic acids is 1. The maximum absolute atomic E-state index is 12.6. The fourth-order valence-corrected chi connectivity index (χ4v) is 3.75. The lowest BCUT2D eigenvalue weighted by Gasteiger charge is -2.17. The summed E-state index contributed by atoms with van der Waals surface area (Å²) in [6.07, 6.45) is 4.20. The van der Waals surface area contributed by atoms with Gasteiger partial charge in [0.05, 0.1) is 0 Å². The molecule has 2 N–H and O–H groups in total. The van der Waals surface area contributed by atoms with E-state index in [9.17, 15) is 4.79 Å². The minimum absolute atomic E-state index is 0.0389. The minimum Gasteiger partial charge on any atom is -0.385 e. The highest BCUT2D eigenvalue weighted by Gasteiger charge is 2.22. The van der Waals surface area contributed by atoms with Crippen molar-refractivity contribution in [2.75, 3.05) is 20.3 Å². The molecular weight excluding hydrogens is 372 g/mol. The van der Waals surface area contributed by atoms with Crippen molar-refractivity contribution in [2.45, 2.75) is 32.1 Å². The third-order valence-corrected chi connectivity index (χ3v) is 5.35. The van der Waals surface area contributed by atoms with Crippen molar-refractivity contribution in [3.8, 4) is 0 Å². The number of fused-ring (bicyclic) bond motifs is 1. The fourth-order valence-electron chi connectivity index (χ4n) is 3.63. The zero-order valence-corrected chi connectivity index (χ0v) is 17.2. The molecule has 1 heterocycles. The van der Waals surface area contributed by atoms with Gasteiger partial charge < -0.3 is 15.0 Å². The number of hydrogen-bond acceptors (Lipinski definition) is 2. The molecule has 148 valence electrons. The molecule has 1 unspecified atom stereocenters. The van der Waals surface area contributed by atoms with E-state index in [1.54, 1.807) is 7.11 Å². The average molecular weight is 399 g/mol. The summed E-state index contributed by atoms with van der Waals surface area (Å²) in [6, 6.07) is 14.1. The maximum Gasteiger partial charge on any atom is 0.220 e. The van der Waals surface area contributed by atoms with Crippen LogP contribution in [0.25, 0.3) is 10.9 Å². The van der Waals surface area contributed by atoms with Gasteiger partial charge in [-0.1, -0.05) is 48.9 Å². The molecule has 0 saturated carbocycles. The van der Waals surface area contributed by atoms with Gasteiger partial charge in [0.15, 0.2) is 0 Å². The highest BCUT2D eigenvalue weighted by Crippen LogP contribution is 2.35. The van der Waals surface area contributed by atoms with Gasteiger partial charge in [-0.2, -0.15) is 0 Å². The molecule has 4 nitrogen and oxygen atoms in total. The van der Waals surface area contributed by atoms with Crippen molar-refractivity contribution >= 4 is 28.4 Å². The van der Waals surface area contributed by atoms with Crippen molar-refractivity contribution in [2.24, 2.45) is 0 Å². The summed E-state index contributed by atoms with van der Waals surface area (Å²) in [5, 5.41) is 4.87. The smallest absolute Gasteiger partial charge is 0.220 e. The molecule has 1 aromatic heterocycles. The van der Waals surface area contributed by atoms with Crippen LogP contribution in [0.4, 0.5) is 0 Å². The summed E-state index contributed by atoms with van der Waals surface area (Å²) in [6.45, 7) is 3.41. The van der Waals surface area contributed by atoms with Crippen LogP contribution in [0.5, 0.6) is 0 Å². The van der Waals surface area contributed by atoms with E-state index in [0.717, 1.165) is 29.5 Å². The summed E-state index contributed by atoms with van der Waals surface area (Å²) < 4.78 is 5.05. The summed E-state index contributed by atoms with van der Waals surface area (Å²) in [4.78, 5) is 16.1. The zero-order chi connectivity index (χ0) is 19.9. The van der Waals surface area contributed by atoms with E-state index in [1.165, 1.54) is 10.9 Å². The molecular formula is C23H27ClN2O2. The van der Waals surface area contributed by atoms with Crippen LogP contribution in [0.2, 0.25) is 5.02 Å². The second kappa shape index (κ2) is 9.76. The molecule has 0 radical (unpaired) electrons. The van der Waals surface area contributed by atoms with E-state index < -0.39 is 0 Å². The first-order valence-electron chi connectivity index (χ1n) is 9.74. The number of ether oxygens (including phenoxy) is 1. The lowest BCUT2D eigenvalue weighted by atomic mass is 9.87. The van der Waals surface area contributed by atoms with E-state index in [2.05, 4.69) is 35.4 Å². The Morgan fingerprint density at radius 2 is 2.00 bits per heavy atom. The van der Waals surface area contributed by atoms with Crippen LogP contribution in [-0.2, 0) is 16.0 Å². The molecule has 28 heavy (non-hydrogen) atoms. The molecule has 2 aromatic carbocycles. The first-order chi connectivity index (χ1) is 13.6. The molecule has 0 fully saturated rings. The third-order valence-electron chi connectivity index (χ3n) is 5.10. The Morgan fingerprint density at radius 1 is 1.21 bits per heavy atom. The van der Waals surface area contributed by atoms with Crippen LogP contribution < -0.4 is 5.32 Å². The van der Waals surface area contributed by atoms with E-state index >= 15 is 0 Å². The summed E-state index contributed by atoms with van der Waals surface area (Å²) in [5.41, 5.74) is 4.65. The van der Waals surface area contributed by atoms with E-state index in [4.69, 9.17) is 16.3 Å². The number of rotatable bonds is 9. The van der Waals surface area contributed by atoms with Gasteiger partial charge in [-0.05, 0) is 41.7 Å². The molecule has 0 saturated heterocycles. The first kappa shape index (κ1) is 20.4. The average Bonchev–Trinajstić information content (AvgIpc) is 3.14. The van der Waals surface area contributed by atoms with Gasteiger partial charge in [0.25, 0.3) is 0 Å². The molecule has 0 spiro atoms. The van der Waals surface area contributed by atoms with Gasteiger partial charge in [0.2, 0.25) is 5.91 Å². The lowest BCUT2D eigenvalue weighted by Crippen LogP contribution is -2.27. The van der Waals surface area contributed by atoms with Crippen LogP contribution in [0.1, 0.15) is 42.4 Å². The number of para-hydroxylation sites is 1. The molecule has 0 aliphatic rings. The minimum atomic E-state index is -0.0412. The number of aromatic amines is 1. The molecule has 3 aromatic rings. The second-order valence-electron chi connectivity index (χ2n) is 6.94. The fraction of sp³-hybridized carbons (Fsp3) is 0.348. The number of aryl methyl sites for hydroxylation is 1. The molecule has 1 atom stereocenters. The van der Waals surface area contributed by atoms with Gasteiger partial charge in [-0.25, -0.2) is 0 Å². The Balaban J connectivity index is 1.91. The number of carbonyl (C=O) groups is 1. The van der Waals surface area contributed by atoms with Gasteiger partial charge in [-0.3, -0.25) is 4.79 Å². The second-order valence-corrected chi connectivity index (χ2v) is 7.38. The van der Waals surface area contributed by atoms with Gasteiger partial charge in [-0.15, -0.1) is 0 Å². The standard InChI is InChI=1S/C23H27ClN2O2/c1-3-16-6-4-7-19-21(15-26-23(16)19)20(17-8-10-18(24)11-9-17)14-22(27)25-12-5-13-28-2/h4,6-11,15,20,26H,3,5,12-14H2,1-2H3,(H,25,27). The number of nitrogens with one attached hydrogen (secondary N) is 2. The van der Waals surface area contributed by atoms with E-state index in [0.29, 0.717) is 24.6 Å². The highest BCUT2D eigenvalue weighted by molar-refractivity contribution is 6.30. The SMILES string of the molecule is CCc1cccc2c(C(CC(=O)NCCCOC)c3ccc(Cl)cc3)c[nH]c12. The van der Waals surface area contributed by atoms with Crippen LogP contribution >= 0.6 is 11.6 Å². The monoisotopic (exact) mass is 398 g/mol. The summed E-state index contributed by atoms with van der Waals surface area (Å²) >= 11 is 6.08. The van der Waals surface area contributed by atoms with Gasteiger partial charge >= 0.3 is 0 Å². The Bertz CT molecular complexity index is 918. The summed E-state index contributed by atoms with van der Waals surface area (Å²) in [7, 11) is 1.67.